The van der Waals surface area contributed by atoms with Gasteiger partial charge in [-0.3, -0.25) is 9.59 Å². The highest BCUT2D eigenvalue weighted by molar-refractivity contribution is 6.30. The van der Waals surface area contributed by atoms with E-state index in [1.165, 1.54) is 0 Å². The quantitative estimate of drug-likeness (QED) is 0.713. The van der Waals surface area contributed by atoms with Gasteiger partial charge in [-0.15, -0.1) is 0 Å². The molecule has 0 fully saturated rings. The second-order valence-electron chi connectivity index (χ2n) is 6.15. The number of nitrogens with one attached hydrogen (secondary N) is 2. The maximum Gasteiger partial charge on any atom is 0.243 e. The van der Waals surface area contributed by atoms with Gasteiger partial charge in [-0.2, -0.15) is 0 Å². The van der Waals surface area contributed by atoms with Crippen LogP contribution in [0.15, 0.2) is 47.1 Å². The van der Waals surface area contributed by atoms with Gasteiger partial charge in [0.05, 0.1) is 19.2 Å². The number of aryl methyl sites for hydroxylation is 2. The molecule has 5 nitrogen and oxygen atoms in total. The van der Waals surface area contributed by atoms with Crippen LogP contribution in [0.4, 0.5) is 5.69 Å². The zero-order valence-electron chi connectivity index (χ0n) is 14.6. The molecule has 0 aliphatic rings. The first-order valence-corrected chi connectivity index (χ1v) is 8.60. The van der Waals surface area contributed by atoms with E-state index in [9.17, 15) is 9.59 Å². The number of halogens is 1. The second kappa shape index (κ2) is 7.62. The molecule has 134 valence electrons. The van der Waals surface area contributed by atoms with Crippen LogP contribution in [0.1, 0.15) is 16.7 Å². The third-order valence-electron chi connectivity index (χ3n) is 4.27. The Balaban J connectivity index is 1.57. The van der Waals surface area contributed by atoms with E-state index in [0.29, 0.717) is 10.7 Å². The number of fused-ring (bicyclic) bond motifs is 1. The van der Waals surface area contributed by atoms with Gasteiger partial charge in [-0.25, -0.2) is 0 Å². The Morgan fingerprint density at radius 2 is 1.77 bits per heavy atom. The van der Waals surface area contributed by atoms with Crippen LogP contribution < -0.4 is 10.6 Å². The summed E-state index contributed by atoms with van der Waals surface area (Å²) in [4.78, 5) is 24.1. The van der Waals surface area contributed by atoms with E-state index >= 15 is 0 Å². The van der Waals surface area contributed by atoms with Gasteiger partial charge in [0.1, 0.15) is 5.58 Å². The second-order valence-corrected chi connectivity index (χ2v) is 6.59. The summed E-state index contributed by atoms with van der Waals surface area (Å²) in [5, 5.41) is 6.84. The van der Waals surface area contributed by atoms with Crippen LogP contribution in [-0.2, 0) is 16.0 Å². The summed E-state index contributed by atoms with van der Waals surface area (Å²) in [7, 11) is 0. The van der Waals surface area contributed by atoms with E-state index in [-0.39, 0.29) is 24.8 Å². The van der Waals surface area contributed by atoms with Crippen LogP contribution in [0, 0.1) is 13.8 Å². The molecule has 0 radical (unpaired) electrons. The maximum absolute atomic E-state index is 12.2. The van der Waals surface area contributed by atoms with Gasteiger partial charge in [0.15, 0.2) is 0 Å². The smallest absolute Gasteiger partial charge is 0.243 e. The van der Waals surface area contributed by atoms with Gasteiger partial charge < -0.3 is 15.1 Å². The van der Waals surface area contributed by atoms with Crippen molar-refractivity contribution in [2.24, 2.45) is 0 Å². The van der Waals surface area contributed by atoms with Crippen LogP contribution in [0.25, 0.3) is 11.0 Å². The minimum absolute atomic E-state index is 0.102. The van der Waals surface area contributed by atoms with Crippen molar-refractivity contribution >= 4 is 40.1 Å². The summed E-state index contributed by atoms with van der Waals surface area (Å²) in [5.41, 5.74) is 4.44. The lowest BCUT2D eigenvalue weighted by Crippen LogP contribution is -2.33. The fourth-order valence-corrected chi connectivity index (χ4v) is 2.80. The lowest BCUT2D eigenvalue weighted by Gasteiger charge is -2.07. The molecule has 0 bridgehead atoms. The Hall–Kier alpha value is -2.79. The van der Waals surface area contributed by atoms with E-state index in [2.05, 4.69) is 10.6 Å². The highest BCUT2D eigenvalue weighted by Gasteiger charge is 2.13. The summed E-state index contributed by atoms with van der Waals surface area (Å²) < 4.78 is 5.61. The molecule has 1 heterocycles. The fraction of sp³-hybridized carbons (Fsp3) is 0.200. The lowest BCUT2D eigenvalue weighted by atomic mass is 10.0. The van der Waals surface area contributed by atoms with Crippen molar-refractivity contribution in [3.05, 3.63) is 64.4 Å². The zero-order chi connectivity index (χ0) is 18.7. The number of amides is 2. The molecule has 0 unspecified atom stereocenters. The van der Waals surface area contributed by atoms with Crippen molar-refractivity contribution in [2.45, 2.75) is 20.3 Å². The summed E-state index contributed by atoms with van der Waals surface area (Å²) in [6, 6.07) is 10.7. The van der Waals surface area contributed by atoms with Crippen LogP contribution in [0.2, 0.25) is 5.02 Å². The van der Waals surface area contributed by atoms with E-state index in [1.807, 2.05) is 26.0 Å². The van der Waals surface area contributed by atoms with E-state index < -0.39 is 0 Å². The lowest BCUT2D eigenvalue weighted by molar-refractivity contribution is -0.123. The SMILES string of the molecule is Cc1ccc2c(CC(=O)NCC(=O)Nc3ccc(Cl)cc3)coc2c1C. The minimum Gasteiger partial charge on any atom is -0.464 e. The van der Waals surface area contributed by atoms with E-state index in [4.69, 9.17) is 16.0 Å². The normalized spacial score (nSPS) is 10.7. The molecule has 0 atom stereocenters. The van der Waals surface area contributed by atoms with Crippen LogP contribution >= 0.6 is 11.6 Å². The Morgan fingerprint density at radius 1 is 1.04 bits per heavy atom. The molecule has 2 N–H and O–H groups in total. The van der Waals surface area contributed by atoms with Crippen molar-refractivity contribution < 1.29 is 14.0 Å². The molecule has 0 spiro atoms. The Kier molecular flexibility index (Phi) is 5.28. The molecule has 0 aliphatic carbocycles. The average molecular weight is 371 g/mol. The van der Waals surface area contributed by atoms with Crippen LogP contribution in [0.3, 0.4) is 0 Å². The Bertz CT molecular complexity index is 961. The highest BCUT2D eigenvalue weighted by atomic mass is 35.5. The van der Waals surface area contributed by atoms with Crippen LogP contribution in [-0.4, -0.2) is 18.4 Å². The number of carbonyl (C=O) groups is 2. The summed E-state index contributed by atoms with van der Waals surface area (Å²) in [5.74, 6) is -0.540. The first-order valence-electron chi connectivity index (χ1n) is 8.22. The number of hydrogen-bond donors (Lipinski definition) is 2. The molecule has 3 rings (SSSR count). The monoisotopic (exact) mass is 370 g/mol. The van der Waals surface area contributed by atoms with Gasteiger partial charge >= 0.3 is 0 Å². The third-order valence-corrected chi connectivity index (χ3v) is 4.52. The molecule has 1 aromatic heterocycles. The number of anilines is 1. The number of hydrogen-bond acceptors (Lipinski definition) is 3. The highest BCUT2D eigenvalue weighted by Crippen LogP contribution is 2.26. The summed E-state index contributed by atoms with van der Waals surface area (Å²) in [6.07, 6.45) is 1.76. The Morgan fingerprint density at radius 3 is 2.50 bits per heavy atom. The maximum atomic E-state index is 12.2. The minimum atomic E-state index is -0.302. The van der Waals surface area contributed by atoms with Gasteiger partial charge in [-0.05, 0) is 49.2 Å². The molecule has 26 heavy (non-hydrogen) atoms. The van der Waals surface area contributed by atoms with Gasteiger partial charge in [0, 0.05) is 21.7 Å². The Labute approximate surface area is 156 Å². The number of carbonyl (C=O) groups excluding carboxylic acids is 2. The average Bonchev–Trinajstić information content (AvgIpc) is 3.02. The topological polar surface area (TPSA) is 71.3 Å². The van der Waals surface area contributed by atoms with Gasteiger partial charge in [0.2, 0.25) is 11.8 Å². The number of rotatable bonds is 5. The molecule has 0 saturated carbocycles. The van der Waals surface area contributed by atoms with Gasteiger partial charge in [-0.1, -0.05) is 23.7 Å². The van der Waals surface area contributed by atoms with Crippen LogP contribution in [0.5, 0.6) is 0 Å². The van der Waals surface area contributed by atoms with E-state index in [1.54, 1.807) is 30.5 Å². The standard InChI is InChI=1S/C20H19ClN2O3/c1-12-3-8-17-14(11-26-20(17)13(12)2)9-18(24)22-10-19(25)23-16-6-4-15(21)5-7-16/h3-8,11H,9-10H2,1-2H3,(H,22,24)(H,23,25). The largest absolute Gasteiger partial charge is 0.464 e. The molecule has 3 aromatic rings. The molecule has 6 heteroatoms. The molecule has 2 aromatic carbocycles. The zero-order valence-corrected chi connectivity index (χ0v) is 15.3. The molecular weight excluding hydrogens is 352 g/mol. The van der Waals surface area contributed by atoms with Crippen molar-refractivity contribution in [1.82, 2.24) is 5.32 Å². The molecule has 0 aliphatic heterocycles. The number of furan rings is 1. The summed E-state index contributed by atoms with van der Waals surface area (Å²) in [6.45, 7) is 3.91. The molecule has 2 amide bonds. The molecular formula is C20H19ClN2O3. The van der Waals surface area contributed by atoms with Crippen molar-refractivity contribution in [1.29, 1.82) is 0 Å². The van der Waals surface area contributed by atoms with Crippen molar-refractivity contribution in [3.63, 3.8) is 0 Å². The van der Waals surface area contributed by atoms with Gasteiger partial charge in [0.25, 0.3) is 0 Å². The first kappa shape index (κ1) is 18.0. The molecule has 0 saturated heterocycles. The first-order chi connectivity index (χ1) is 12.4. The predicted octanol–water partition coefficient (Wildman–Crippen LogP) is 4.00. The van der Waals surface area contributed by atoms with E-state index in [0.717, 1.165) is 27.7 Å². The fourth-order valence-electron chi connectivity index (χ4n) is 2.68. The summed E-state index contributed by atoms with van der Waals surface area (Å²) >= 11 is 5.80. The number of benzene rings is 2. The van der Waals surface area contributed by atoms with Crippen molar-refractivity contribution in [3.8, 4) is 0 Å². The third kappa shape index (κ3) is 4.06. The van der Waals surface area contributed by atoms with Crippen molar-refractivity contribution in [2.75, 3.05) is 11.9 Å². The predicted molar refractivity (Wildman–Crippen MR) is 102 cm³/mol.